The van der Waals surface area contributed by atoms with Crippen LogP contribution in [0.15, 0.2) is 34.8 Å². The van der Waals surface area contributed by atoms with Crippen LogP contribution in [0.5, 0.6) is 0 Å². The van der Waals surface area contributed by atoms with E-state index in [1.165, 1.54) is 20.5 Å². The Morgan fingerprint density at radius 3 is 2.67 bits per heavy atom. The molecular weight excluding hydrogens is 368 g/mol. The highest BCUT2D eigenvalue weighted by Crippen LogP contribution is 2.24. The highest BCUT2D eigenvalue weighted by Gasteiger charge is 2.07. The van der Waals surface area contributed by atoms with Gasteiger partial charge in [-0.05, 0) is 42.9 Å². The quantitative estimate of drug-likeness (QED) is 0.726. The zero-order valence-electron chi connectivity index (χ0n) is 12.3. The van der Waals surface area contributed by atoms with E-state index in [0.717, 1.165) is 30.5 Å². The maximum atomic E-state index is 5.97. The van der Waals surface area contributed by atoms with E-state index in [9.17, 15) is 0 Å². The van der Waals surface area contributed by atoms with Crippen LogP contribution in [-0.2, 0) is 19.6 Å². The fraction of sp³-hybridized carbons (Fsp3) is 0.375. The van der Waals surface area contributed by atoms with E-state index in [4.69, 9.17) is 11.6 Å². The van der Waals surface area contributed by atoms with Crippen molar-refractivity contribution in [3.63, 3.8) is 0 Å². The summed E-state index contributed by atoms with van der Waals surface area (Å²) in [4.78, 5) is 3.59. The van der Waals surface area contributed by atoms with Gasteiger partial charge in [0.25, 0.3) is 0 Å². The average molecular weight is 388 g/mol. The van der Waals surface area contributed by atoms with Crippen molar-refractivity contribution in [1.82, 2.24) is 10.2 Å². The molecule has 2 rings (SSSR count). The van der Waals surface area contributed by atoms with Crippen LogP contribution in [0.1, 0.15) is 22.9 Å². The number of nitrogens with one attached hydrogen (secondary N) is 1. The molecule has 1 aromatic carbocycles. The number of hydrogen-bond acceptors (Lipinski definition) is 3. The lowest BCUT2D eigenvalue weighted by atomic mass is 10.1. The van der Waals surface area contributed by atoms with Crippen LogP contribution < -0.4 is 5.32 Å². The molecule has 0 fully saturated rings. The molecule has 21 heavy (non-hydrogen) atoms. The number of thiophene rings is 1. The van der Waals surface area contributed by atoms with Crippen LogP contribution in [0.25, 0.3) is 0 Å². The number of rotatable bonds is 7. The first-order valence-electron chi connectivity index (χ1n) is 6.99. The monoisotopic (exact) mass is 386 g/mol. The second kappa shape index (κ2) is 8.30. The van der Waals surface area contributed by atoms with Gasteiger partial charge in [0.05, 0.1) is 4.34 Å². The highest BCUT2D eigenvalue weighted by atomic mass is 79.9. The standard InChI is InChI=1S/C16H20BrClN2S/c1-3-19-9-12-4-5-13(15(17)8-12)10-20(2)11-14-6-7-16(18)21-14/h4-8,19H,3,9-11H2,1-2H3. The third-order valence-electron chi connectivity index (χ3n) is 3.19. The van der Waals surface area contributed by atoms with Crippen LogP contribution >= 0.6 is 38.9 Å². The Balaban J connectivity index is 1.95. The molecule has 2 nitrogen and oxygen atoms in total. The Labute approximate surface area is 144 Å². The van der Waals surface area contributed by atoms with E-state index < -0.39 is 0 Å². The number of nitrogens with zero attached hydrogens (tertiary/aromatic N) is 1. The van der Waals surface area contributed by atoms with Gasteiger partial charge < -0.3 is 5.32 Å². The topological polar surface area (TPSA) is 15.3 Å². The zero-order valence-corrected chi connectivity index (χ0v) is 15.5. The van der Waals surface area contributed by atoms with Gasteiger partial charge in [0.2, 0.25) is 0 Å². The van der Waals surface area contributed by atoms with Crippen LogP contribution in [-0.4, -0.2) is 18.5 Å². The molecule has 1 N–H and O–H groups in total. The molecule has 0 bridgehead atoms. The first-order chi connectivity index (χ1) is 10.1. The molecule has 1 aromatic heterocycles. The third-order valence-corrected chi connectivity index (χ3v) is 5.15. The molecule has 0 spiro atoms. The maximum absolute atomic E-state index is 5.97. The molecule has 0 aliphatic heterocycles. The molecule has 0 saturated heterocycles. The lowest BCUT2D eigenvalue weighted by Gasteiger charge is -2.17. The number of hydrogen-bond donors (Lipinski definition) is 1. The van der Waals surface area contributed by atoms with Crippen molar-refractivity contribution < 1.29 is 0 Å². The van der Waals surface area contributed by atoms with Crippen molar-refractivity contribution in [2.45, 2.75) is 26.6 Å². The fourth-order valence-corrected chi connectivity index (χ4v) is 3.87. The van der Waals surface area contributed by atoms with Crippen molar-refractivity contribution >= 4 is 38.9 Å². The summed E-state index contributed by atoms with van der Waals surface area (Å²) >= 11 is 11.3. The summed E-state index contributed by atoms with van der Waals surface area (Å²) in [5.74, 6) is 0. The predicted molar refractivity (Wildman–Crippen MR) is 96.0 cm³/mol. The maximum Gasteiger partial charge on any atom is 0.0931 e. The average Bonchev–Trinajstić information content (AvgIpc) is 2.84. The smallest absolute Gasteiger partial charge is 0.0931 e. The second-order valence-electron chi connectivity index (χ2n) is 5.08. The largest absolute Gasteiger partial charge is 0.313 e. The minimum Gasteiger partial charge on any atom is -0.313 e. The van der Waals surface area contributed by atoms with E-state index >= 15 is 0 Å². The van der Waals surface area contributed by atoms with Gasteiger partial charge in [-0.25, -0.2) is 0 Å². The normalized spacial score (nSPS) is 11.3. The Bertz CT molecular complexity index is 585. The molecule has 0 aliphatic rings. The van der Waals surface area contributed by atoms with E-state index in [1.807, 2.05) is 6.07 Å². The zero-order chi connectivity index (χ0) is 15.2. The molecule has 0 amide bonds. The summed E-state index contributed by atoms with van der Waals surface area (Å²) in [7, 11) is 2.13. The van der Waals surface area contributed by atoms with Crippen LogP contribution in [0, 0.1) is 0 Å². The minimum atomic E-state index is 0.854. The van der Waals surface area contributed by atoms with E-state index in [0.29, 0.717) is 0 Å². The third kappa shape index (κ3) is 5.38. The van der Waals surface area contributed by atoms with Gasteiger partial charge in [0.15, 0.2) is 0 Å². The van der Waals surface area contributed by atoms with Gasteiger partial charge in [0, 0.05) is 29.0 Å². The van der Waals surface area contributed by atoms with Gasteiger partial charge >= 0.3 is 0 Å². The molecule has 114 valence electrons. The molecule has 0 atom stereocenters. The predicted octanol–water partition coefficient (Wildman–Crippen LogP) is 4.91. The van der Waals surface area contributed by atoms with Crippen LogP contribution in [0.2, 0.25) is 4.34 Å². The Morgan fingerprint density at radius 1 is 1.24 bits per heavy atom. The summed E-state index contributed by atoms with van der Waals surface area (Å²) < 4.78 is 2.03. The summed E-state index contributed by atoms with van der Waals surface area (Å²) in [5.41, 5.74) is 2.61. The van der Waals surface area contributed by atoms with Crippen molar-refractivity contribution in [1.29, 1.82) is 0 Å². The first-order valence-corrected chi connectivity index (χ1v) is 8.98. The van der Waals surface area contributed by atoms with Crippen LogP contribution in [0.4, 0.5) is 0 Å². The van der Waals surface area contributed by atoms with Crippen LogP contribution in [0.3, 0.4) is 0 Å². The molecule has 5 heteroatoms. The molecule has 0 saturated carbocycles. The lowest BCUT2D eigenvalue weighted by molar-refractivity contribution is 0.321. The van der Waals surface area contributed by atoms with Crippen molar-refractivity contribution in [2.24, 2.45) is 0 Å². The molecule has 1 heterocycles. The summed E-state index contributed by atoms with van der Waals surface area (Å²) in [6.07, 6.45) is 0. The number of halogens is 2. The molecule has 0 aliphatic carbocycles. The Kier molecular flexibility index (Phi) is 6.71. The summed E-state index contributed by atoms with van der Waals surface area (Å²) in [5, 5.41) is 3.34. The molecule has 0 unspecified atom stereocenters. The fourth-order valence-electron chi connectivity index (χ4n) is 2.15. The van der Waals surface area contributed by atoms with Gasteiger partial charge in [-0.2, -0.15) is 0 Å². The molecule has 2 aromatic rings. The van der Waals surface area contributed by atoms with Crippen molar-refractivity contribution in [2.75, 3.05) is 13.6 Å². The minimum absolute atomic E-state index is 0.854. The summed E-state index contributed by atoms with van der Waals surface area (Å²) in [6.45, 7) is 5.86. The van der Waals surface area contributed by atoms with Crippen molar-refractivity contribution in [3.8, 4) is 0 Å². The van der Waals surface area contributed by atoms with Gasteiger partial charge in [0.1, 0.15) is 0 Å². The first kappa shape index (κ1) is 17.0. The van der Waals surface area contributed by atoms with Gasteiger partial charge in [-0.1, -0.05) is 46.6 Å². The Morgan fingerprint density at radius 2 is 2.05 bits per heavy atom. The van der Waals surface area contributed by atoms with Gasteiger partial charge in [-0.3, -0.25) is 4.90 Å². The number of benzene rings is 1. The van der Waals surface area contributed by atoms with Crippen molar-refractivity contribution in [3.05, 3.63) is 55.1 Å². The lowest BCUT2D eigenvalue weighted by Crippen LogP contribution is -2.17. The highest BCUT2D eigenvalue weighted by molar-refractivity contribution is 9.10. The Hall–Kier alpha value is -0.390. The van der Waals surface area contributed by atoms with E-state index in [-0.39, 0.29) is 0 Å². The van der Waals surface area contributed by atoms with E-state index in [2.05, 4.69) is 64.4 Å². The summed E-state index contributed by atoms with van der Waals surface area (Å²) in [6, 6.07) is 10.7. The molecular formula is C16H20BrClN2S. The van der Waals surface area contributed by atoms with Gasteiger partial charge in [-0.15, -0.1) is 11.3 Å². The SMILES string of the molecule is CCNCc1ccc(CN(C)Cc2ccc(Cl)s2)c(Br)c1. The molecule has 0 radical (unpaired) electrons. The second-order valence-corrected chi connectivity index (χ2v) is 7.74. The van der Waals surface area contributed by atoms with E-state index in [1.54, 1.807) is 11.3 Å².